The molecule has 0 aromatic heterocycles. The van der Waals surface area contributed by atoms with E-state index in [0.29, 0.717) is 12.3 Å². The smallest absolute Gasteiger partial charge is 0.0986 e. The minimum absolute atomic E-state index is 0.0840. The van der Waals surface area contributed by atoms with Gasteiger partial charge in [-0.1, -0.05) is 25.2 Å². The number of aliphatic hydroxyl groups is 1. The van der Waals surface area contributed by atoms with Gasteiger partial charge in [-0.2, -0.15) is 0 Å². The Kier molecular flexibility index (Phi) is 5.52. The fraction of sp³-hybridized carbons (Fsp3) is 0.789. The second kappa shape index (κ2) is 6.86. The summed E-state index contributed by atoms with van der Waals surface area (Å²) in [7, 11) is 0. The molecule has 2 rings (SSSR count). The van der Waals surface area contributed by atoms with E-state index < -0.39 is 6.10 Å². The van der Waals surface area contributed by atoms with Gasteiger partial charge in [-0.05, 0) is 58.4 Å². The van der Waals surface area contributed by atoms with E-state index in [9.17, 15) is 5.11 Å². The number of hydrogen-bond donors (Lipinski definition) is 1. The summed E-state index contributed by atoms with van der Waals surface area (Å²) in [6, 6.07) is 0. The zero-order chi connectivity index (χ0) is 16.5. The van der Waals surface area contributed by atoms with Crippen LogP contribution in [-0.2, 0) is 9.47 Å². The summed E-state index contributed by atoms with van der Waals surface area (Å²) in [6.45, 7) is 15.5. The monoisotopic (exact) mass is 308 g/mol. The summed E-state index contributed by atoms with van der Waals surface area (Å²) in [5, 5.41) is 10.5. The third-order valence-electron chi connectivity index (χ3n) is 5.07. The second-order valence-electron chi connectivity index (χ2n) is 7.56. The number of rotatable bonds is 6. The maximum atomic E-state index is 10.5. The quantitative estimate of drug-likeness (QED) is 0.598. The molecular weight excluding hydrogens is 276 g/mol. The molecule has 0 amide bonds. The maximum absolute atomic E-state index is 10.5. The van der Waals surface area contributed by atoms with E-state index in [-0.39, 0.29) is 23.7 Å². The molecule has 22 heavy (non-hydrogen) atoms. The highest BCUT2D eigenvalue weighted by molar-refractivity contribution is 5.22. The standard InChI is InChI=1S/C19H32O3/c1-12(2)7-8-16(20)14(5)18-15(6)17(22-13(3)4)9-10-19(18)11-21-19/h7,13,15-18,20H,5,8-11H2,1-4,6H3/t15-,16?,17-,18?,19+/m1/s1. The highest BCUT2D eigenvalue weighted by atomic mass is 16.6. The molecule has 1 aliphatic carbocycles. The van der Waals surface area contributed by atoms with Crippen LogP contribution in [0, 0.1) is 11.8 Å². The van der Waals surface area contributed by atoms with Gasteiger partial charge in [-0.3, -0.25) is 0 Å². The lowest BCUT2D eigenvalue weighted by Crippen LogP contribution is -2.46. The first-order chi connectivity index (χ1) is 10.3. The van der Waals surface area contributed by atoms with Crippen molar-refractivity contribution in [1.29, 1.82) is 0 Å². The lowest BCUT2D eigenvalue weighted by atomic mass is 9.66. The zero-order valence-corrected chi connectivity index (χ0v) is 14.8. The van der Waals surface area contributed by atoms with Gasteiger partial charge >= 0.3 is 0 Å². The van der Waals surface area contributed by atoms with Gasteiger partial charge in [0.1, 0.15) is 0 Å². The van der Waals surface area contributed by atoms with E-state index >= 15 is 0 Å². The fourth-order valence-electron chi connectivity index (χ4n) is 3.84. The van der Waals surface area contributed by atoms with Crippen molar-refractivity contribution in [2.24, 2.45) is 11.8 Å². The van der Waals surface area contributed by atoms with Crippen molar-refractivity contribution in [3.05, 3.63) is 23.8 Å². The highest BCUT2D eigenvalue weighted by Gasteiger charge is 2.58. The largest absolute Gasteiger partial charge is 0.388 e. The van der Waals surface area contributed by atoms with Gasteiger partial charge in [0.15, 0.2) is 0 Å². The van der Waals surface area contributed by atoms with E-state index in [1.807, 2.05) is 0 Å². The minimum Gasteiger partial charge on any atom is -0.388 e. The minimum atomic E-state index is -0.499. The molecule has 1 saturated carbocycles. The van der Waals surface area contributed by atoms with Crippen LogP contribution in [-0.4, -0.2) is 35.6 Å². The molecule has 0 bridgehead atoms. The van der Waals surface area contributed by atoms with Crippen molar-refractivity contribution in [1.82, 2.24) is 0 Å². The van der Waals surface area contributed by atoms with Crippen LogP contribution in [0.1, 0.15) is 53.9 Å². The van der Waals surface area contributed by atoms with Gasteiger partial charge in [0, 0.05) is 5.92 Å². The van der Waals surface area contributed by atoms with E-state index in [0.717, 1.165) is 25.0 Å². The lowest BCUT2D eigenvalue weighted by molar-refractivity contribution is -0.0735. The molecule has 3 nitrogen and oxygen atoms in total. The van der Waals surface area contributed by atoms with Crippen LogP contribution in [0.4, 0.5) is 0 Å². The summed E-state index contributed by atoms with van der Waals surface area (Å²) in [5.74, 6) is 0.512. The molecule has 2 unspecified atom stereocenters. The van der Waals surface area contributed by atoms with Crippen LogP contribution in [0.25, 0.3) is 0 Å². The molecule has 1 saturated heterocycles. The lowest BCUT2D eigenvalue weighted by Gasteiger charge is -2.42. The molecule has 2 aliphatic rings. The third kappa shape index (κ3) is 3.81. The average molecular weight is 308 g/mol. The van der Waals surface area contributed by atoms with Crippen molar-refractivity contribution in [3.63, 3.8) is 0 Å². The Morgan fingerprint density at radius 3 is 2.59 bits per heavy atom. The van der Waals surface area contributed by atoms with Gasteiger partial charge in [0.2, 0.25) is 0 Å². The maximum Gasteiger partial charge on any atom is 0.0986 e. The molecule has 2 fully saturated rings. The average Bonchev–Trinajstić information content (AvgIpc) is 3.19. The number of ether oxygens (including phenoxy) is 2. The van der Waals surface area contributed by atoms with Crippen LogP contribution in [0.2, 0.25) is 0 Å². The first-order valence-corrected chi connectivity index (χ1v) is 8.56. The summed E-state index contributed by atoms with van der Waals surface area (Å²) in [6.07, 6.45) is 4.71. The Balaban J connectivity index is 2.10. The molecular formula is C19H32O3. The van der Waals surface area contributed by atoms with E-state index in [2.05, 4.69) is 47.3 Å². The van der Waals surface area contributed by atoms with Crippen molar-refractivity contribution in [3.8, 4) is 0 Å². The molecule has 5 atom stereocenters. The summed E-state index contributed by atoms with van der Waals surface area (Å²) in [4.78, 5) is 0. The van der Waals surface area contributed by atoms with E-state index in [4.69, 9.17) is 9.47 Å². The van der Waals surface area contributed by atoms with Crippen LogP contribution in [0.15, 0.2) is 23.8 Å². The van der Waals surface area contributed by atoms with Crippen molar-refractivity contribution < 1.29 is 14.6 Å². The molecule has 1 aliphatic heterocycles. The number of aliphatic hydroxyl groups excluding tert-OH is 1. The van der Waals surface area contributed by atoms with Crippen molar-refractivity contribution in [2.75, 3.05) is 6.61 Å². The van der Waals surface area contributed by atoms with E-state index in [1.165, 1.54) is 5.57 Å². The molecule has 0 radical (unpaired) electrons. The fourth-order valence-corrected chi connectivity index (χ4v) is 3.84. The Bertz CT molecular complexity index is 430. The Hall–Kier alpha value is -0.640. The molecule has 3 heteroatoms. The van der Waals surface area contributed by atoms with Crippen LogP contribution in [0.3, 0.4) is 0 Å². The second-order valence-corrected chi connectivity index (χ2v) is 7.56. The first kappa shape index (κ1) is 17.7. The van der Waals surface area contributed by atoms with Crippen LogP contribution in [0.5, 0.6) is 0 Å². The number of hydrogen-bond acceptors (Lipinski definition) is 3. The molecule has 0 aromatic rings. The van der Waals surface area contributed by atoms with Gasteiger partial charge in [-0.25, -0.2) is 0 Å². The predicted octanol–water partition coefficient (Wildman–Crippen LogP) is 3.87. The molecule has 1 N–H and O–H groups in total. The van der Waals surface area contributed by atoms with Gasteiger partial charge < -0.3 is 14.6 Å². The van der Waals surface area contributed by atoms with Crippen molar-refractivity contribution >= 4 is 0 Å². The van der Waals surface area contributed by atoms with Crippen molar-refractivity contribution in [2.45, 2.75) is 77.8 Å². The topological polar surface area (TPSA) is 42.0 Å². The Morgan fingerprint density at radius 2 is 2.09 bits per heavy atom. The summed E-state index contributed by atoms with van der Waals surface area (Å²) >= 11 is 0. The molecule has 0 aromatic carbocycles. The zero-order valence-electron chi connectivity index (χ0n) is 14.8. The molecule has 1 spiro atoms. The van der Waals surface area contributed by atoms with Gasteiger partial charge in [0.05, 0.1) is 30.5 Å². The highest BCUT2D eigenvalue weighted by Crippen LogP contribution is 2.52. The summed E-state index contributed by atoms with van der Waals surface area (Å²) < 4.78 is 11.9. The Morgan fingerprint density at radius 1 is 1.45 bits per heavy atom. The third-order valence-corrected chi connectivity index (χ3v) is 5.07. The van der Waals surface area contributed by atoms with Gasteiger partial charge in [0.25, 0.3) is 0 Å². The van der Waals surface area contributed by atoms with Gasteiger partial charge in [-0.15, -0.1) is 0 Å². The van der Waals surface area contributed by atoms with Crippen LogP contribution >= 0.6 is 0 Å². The summed E-state index contributed by atoms with van der Waals surface area (Å²) in [5.41, 5.74) is 2.06. The Labute approximate surface area is 135 Å². The molecule has 1 heterocycles. The SMILES string of the molecule is C=C(C(O)CC=C(C)C)C1[C@H](C)[C@H](OC(C)C)CC[C@]12CO2. The first-order valence-electron chi connectivity index (χ1n) is 8.56. The molecule has 126 valence electrons. The normalized spacial score (nSPS) is 35.5. The number of epoxide rings is 1. The van der Waals surface area contributed by atoms with Crippen LogP contribution < -0.4 is 0 Å². The predicted molar refractivity (Wildman–Crippen MR) is 89.8 cm³/mol. The van der Waals surface area contributed by atoms with E-state index in [1.54, 1.807) is 0 Å². The number of allylic oxidation sites excluding steroid dienone is 1.